The van der Waals surface area contributed by atoms with Crippen LogP contribution < -0.4 is 5.32 Å². The molecule has 0 unspecified atom stereocenters. The summed E-state index contributed by atoms with van der Waals surface area (Å²) in [6, 6.07) is 6.69. The van der Waals surface area contributed by atoms with Gasteiger partial charge in [-0.05, 0) is 5.41 Å². The average molecular weight is 271 g/mol. The molecule has 1 aromatic carbocycles. The molecule has 0 fully saturated rings. The van der Waals surface area contributed by atoms with Crippen molar-refractivity contribution in [2.45, 2.75) is 27.7 Å². The van der Waals surface area contributed by atoms with Gasteiger partial charge in [-0.15, -0.1) is 0 Å². The fraction of sp³-hybridized carbons (Fsp3) is 0.312. The number of nitrogens with one attached hydrogen (secondary N) is 1. The van der Waals surface area contributed by atoms with Gasteiger partial charge in [0.05, 0.1) is 5.70 Å². The van der Waals surface area contributed by atoms with Gasteiger partial charge in [0.2, 0.25) is 11.7 Å². The number of allylic oxidation sites excluding steroid dienone is 2. The first-order valence-corrected chi connectivity index (χ1v) is 6.44. The largest absolute Gasteiger partial charge is 0.323 e. The molecular weight excluding hydrogens is 254 g/mol. The summed E-state index contributed by atoms with van der Waals surface area (Å²) in [6.07, 6.45) is 0. The highest BCUT2D eigenvalue weighted by atomic mass is 16.2. The van der Waals surface area contributed by atoms with Crippen LogP contribution in [0.25, 0.3) is 0 Å². The molecule has 1 aromatic rings. The van der Waals surface area contributed by atoms with Gasteiger partial charge in [0.15, 0.2) is 5.78 Å². The summed E-state index contributed by atoms with van der Waals surface area (Å²) in [6.45, 7) is 6.88. The standard InChI is InChI=1S/C16H17NO3/c1-9(18)17-13-12(16(2,3)4)14(19)10-7-5-6-8-11(10)15(13)20/h5-8H,1-4H3,(H,17,18). The van der Waals surface area contributed by atoms with Gasteiger partial charge in [-0.3, -0.25) is 14.4 Å². The Kier molecular flexibility index (Phi) is 3.34. The molecule has 0 saturated carbocycles. The third kappa shape index (κ3) is 2.29. The molecule has 0 heterocycles. The molecule has 0 spiro atoms. The number of amides is 1. The summed E-state index contributed by atoms with van der Waals surface area (Å²) in [5.41, 5.74) is 0.675. The first kappa shape index (κ1) is 14.2. The predicted octanol–water partition coefficient (Wildman–Crippen LogP) is 2.50. The van der Waals surface area contributed by atoms with Crippen molar-refractivity contribution in [3.63, 3.8) is 0 Å². The van der Waals surface area contributed by atoms with Crippen LogP contribution in [0.3, 0.4) is 0 Å². The SMILES string of the molecule is CC(=O)NC1=C(C(C)(C)C)C(=O)c2ccccc2C1=O. The van der Waals surface area contributed by atoms with Crippen LogP contribution in [0.4, 0.5) is 0 Å². The monoisotopic (exact) mass is 271 g/mol. The summed E-state index contributed by atoms with van der Waals surface area (Å²) >= 11 is 0. The molecule has 1 N–H and O–H groups in total. The second-order valence-corrected chi connectivity index (χ2v) is 5.89. The number of ketones is 2. The number of Topliss-reactive ketones (excluding diaryl/α,β-unsaturated/α-hetero) is 2. The van der Waals surface area contributed by atoms with E-state index in [-0.39, 0.29) is 23.2 Å². The first-order chi connectivity index (χ1) is 9.23. The minimum Gasteiger partial charge on any atom is -0.323 e. The van der Waals surface area contributed by atoms with Crippen molar-refractivity contribution in [1.29, 1.82) is 0 Å². The van der Waals surface area contributed by atoms with Crippen molar-refractivity contribution >= 4 is 17.5 Å². The van der Waals surface area contributed by atoms with Crippen molar-refractivity contribution in [3.05, 3.63) is 46.7 Å². The van der Waals surface area contributed by atoms with E-state index in [1.165, 1.54) is 6.92 Å². The maximum atomic E-state index is 12.6. The Labute approximate surface area is 117 Å². The molecule has 2 rings (SSSR count). The Morgan fingerprint density at radius 3 is 1.95 bits per heavy atom. The van der Waals surface area contributed by atoms with Gasteiger partial charge in [0.25, 0.3) is 0 Å². The zero-order valence-electron chi connectivity index (χ0n) is 12.0. The number of carbonyl (C=O) groups is 3. The van der Waals surface area contributed by atoms with E-state index in [1.54, 1.807) is 24.3 Å². The first-order valence-electron chi connectivity index (χ1n) is 6.44. The predicted molar refractivity (Wildman–Crippen MR) is 75.4 cm³/mol. The fourth-order valence-electron chi connectivity index (χ4n) is 2.39. The van der Waals surface area contributed by atoms with Crippen LogP contribution in [-0.4, -0.2) is 17.5 Å². The average Bonchev–Trinajstić information content (AvgIpc) is 2.33. The molecule has 20 heavy (non-hydrogen) atoms. The van der Waals surface area contributed by atoms with Gasteiger partial charge in [0, 0.05) is 23.6 Å². The van der Waals surface area contributed by atoms with Gasteiger partial charge in [0.1, 0.15) is 0 Å². The maximum absolute atomic E-state index is 12.6. The summed E-state index contributed by atoms with van der Waals surface area (Å²) in [5.74, 6) is -0.862. The molecule has 0 atom stereocenters. The molecule has 104 valence electrons. The van der Waals surface area contributed by atoms with Crippen LogP contribution >= 0.6 is 0 Å². The van der Waals surface area contributed by atoms with Gasteiger partial charge < -0.3 is 5.32 Å². The molecule has 4 heteroatoms. The number of hydrogen-bond donors (Lipinski definition) is 1. The van der Waals surface area contributed by atoms with Crippen molar-refractivity contribution < 1.29 is 14.4 Å². The van der Waals surface area contributed by atoms with E-state index in [4.69, 9.17) is 0 Å². The minimum absolute atomic E-state index is 0.105. The second-order valence-electron chi connectivity index (χ2n) is 5.89. The summed E-state index contributed by atoms with van der Waals surface area (Å²) in [7, 11) is 0. The van der Waals surface area contributed by atoms with Gasteiger partial charge >= 0.3 is 0 Å². The number of fused-ring (bicyclic) bond motifs is 1. The molecule has 0 saturated heterocycles. The van der Waals surface area contributed by atoms with Crippen LogP contribution in [0.5, 0.6) is 0 Å². The summed E-state index contributed by atoms with van der Waals surface area (Å²) in [5, 5.41) is 2.53. The van der Waals surface area contributed by atoms with Gasteiger partial charge in [-0.25, -0.2) is 0 Å². The minimum atomic E-state index is -0.530. The Morgan fingerprint density at radius 2 is 1.50 bits per heavy atom. The fourth-order valence-corrected chi connectivity index (χ4v) is 2.39. The van der Waals surface area contributed by atoms with E-state index in [0.717, 1.165) is 0 Å². The Balaban J connectivity index is 2.72. The Morgan fingerprint density at radius 1 is 1.00 bits per heavy atom. The van der Waals surface area contributed by atoms with Gasteiger partial charge in [-0.2, -0.15) is 0 Å². The zero-order valence-corrected chi connectivity index (χ0v) is 12.0. The van der Waals surface area contributed by atoms with Crippen LogP contribution in [-0.2, 0) is 4.79 Å². The molecule has 0 bridgehead atoms. The Bertz CT molecular complexity index is 648. The summed E-state index contributed by atoms with van der Waals surface area (Å²) < 4.78 is 0. The topological polar surface area (TPSA) is 63.2 Å². The lowest BCUT2D eigenvalue weighted by Gasteiger charge is -2.29. The molecule has 0 radical (unpaired) electrons. The lowest BCUT2D eigenvalue weighted by Crippen LogP contribution is -2.36. The second kappa shape index (κ2) is 4.71. The van der Waals surface area contributed by atoms with Gasteiger partial charge in [-0.1, -0.05) is 45.0 Å². The quantitative estimate of drug-likeness (QED) is 0.853. The number of carbonyl (C=O) groups excluding carboxylic acids is 3. The molecular formula is C16H17NO3. The van der Waals surface area contributed by atoms with E-state index >= 15 is 0 Å². The molecule has 1 aliphatic rings. The van der Waals surface area contributed by atoms with Crippen LogP contribution in [0.15, 0.2) is 35.5 Å². The maximum Gasteiger partial charge on any atom is 0.221 e. The molecule has 0 aromatic heterocycles. The zero-order chi connectivity index (χ0) is 15.1. The highest BCUT2D eigenvalue weighted by Crippen LogP contribution is 2.35. The molecule has 4 nitrogen and oxygen atoms in total. The van der Waals surface area contributed by atoms with Crippen molar-refractivity contribution in [3.8, 4) is 0 Å². The van der Waals surface area contributed by atoms with Crippen LogP contribution in [0.2, 0.25) is 0 Å². The highest BCUT2D eigenvalue weighted by Gasteiger charge is 2.37. The van der Waals surface area contributed by atoms with Crippen LogP contribution in [0.1, 0.15) is 48.4 Å². The molecule has 1 amide bonds. The lowest BCUT2D eigenvalue weighted by molar-refractivity contribution is -0.118. The van der Waals surface area contributed by atoms with E-state index in [0.29, 0.717) is 16.7 Å². The van der Waals surface area contributed by atoms with E-state index in [1.807, 2.05) is 20.8 Å². The van der Waals surface area contributed by atoms with E-state index < -0.39 is 5.41 Å². The van der Waals surface area contributed by atoms with E-state index in [9.17, 15) is 14.4 Å². The highest BCUT2D eigenvalue weighted by molar-refractivity contribution is 6.27. The van der Waals surface area contributed by atoms with Crippen molar-refractivity contribution in [2.75, 3.05) is 0 Å². The third-order valence-corrected chi connectivity index (χ3v) is 3.17. The number of rotatable bonds is 1. The lowest BCUT2D eigenvalue weighted by atomic mass is 9.75. The molecule has 0 aliphatic heterocycles. The number of benzene rings is 1. The Hall–Kier alpha value is -2.23. The third-order valence-electron chi connectivity index (χ3n) is 3.17. The van der Waals surface area contributed by atoms with Crippen LogP contribution in [0, 0.1) is 5.41 Å². The van der Waals surface area contributed by atoms with Crippen molar-refractivity contribution in [1.82, 2.24) is 5.32 Å². The molecule has 1 aliphatic carbocycles. The summed E-state index contributed by atoms with van der Waals surface area (Å²) in [4.78, 5) is 36.5. The van der Waals surface area contributed by atoms with E-state index in [2.05, 4.69) is 5.32 Å². The normalized spacial score (nSPS) is 15.2. The smallest absolute Gasteiger partial charge is 0.221 e. The van der Waals surface area contributed by atoms with Crippen molar-refractivity contribution in [2.24, 2.45) is 5.41 Å². The number of hydrogen-bond acceptors (Lipinski definition) is 3.